The maximum Gasteiger partial charge on any atom is 0.0620 e. The van der Waals surface area contributed by atoms with Crippen LogP contribution in [0.3, 0.4) is 0 Å². The molecule has 9 aromatic rings. The first-order valence-electron chi connectivity index (χ1n) is 14.5. The summed E-state index contributed by atoms with van der Waals surface area (Å²) >= 11 is 0. The first-order chi connectivity index (χ1) is 20.9. The number of benzene rings is 7. The Morgan fingerprint density at radius 2 is 0.786 bits per heavy atom. The highest BCUT2D eigenvalue weighted by atomic mass is 15.0. The van der Waals surface area contributed by atoms with Gasteiger partial charge in [-0.3, -0.25) is 0 Å². The van der Waals surface area contributed by atoms with Gasteiger partial charge in [-0.15, -0.1) is 0 Å². The predicted octanol–water partition coefficient (Wildman–Crippen LogP) is 10.7. The Labute approximate surface area is 243 Å². The van der Waals surface area contributed by atoms with Crippen LogP contribution in [0.5, 0.6) is 0 Å². The van der Waals surface area contributed by atoms with Crippen molar-refractivity contribution in [3.8, 4) is 22.5 Å². The third kappa shape index (κ3) is 3.21. The zero-order chi connectivity index (χ0) is 27.6. The quantitative estimate of drug-likeness (QED) is 0.213. The molecule has 0 aliphatic carbocycles. The molecule has 0 aliphatic heterocycles. The number of hydrogen-bond donors (Lipinski definition) is 0. The molecule has 0 saturated heterocycles. The van der Waals surface area contributed by atoms with Gasteiger partial charge in [0.05, 0.1) is 27.8 Å². The van der Waals surface area contributed by atoms with E-state index in [0.717, 1.165) is 5.69 Å². The molecule has 2 heterocycles. The molecule has 0 aliphatic rings. The summed E-state index contributed by atoms with van der Waals surface area (Å²) in [6, 6.07) is 57.2. The molecule has 9 rings (SSSR count). The second kappa shape index (κ2) is 8.95. The minimum absolute atomic E-state index is 1.16. The Balaban J connectivity index is 1.48. The minimum atomic E-state index is 1.16. The zero-order valence-electron chi connectivity index (χ0n) is 22.9. The molecule has 0 N–H and O–H groups in total. The van der Waals surface area contributed by atoms with Crippen molar-refractivity contribution in [1.82, 2.24) is 9.13 Å². The number of aromatic nitrogens is 2. The number of rotatable bonds is 3. The van der Waals surface area contributed by atoms with E-state index in [2.05, 4.69) is 167 Å². The van der Waals surface area contributed by atoms with Crippen LogP contribution in [0.4, 0.5) is 0 Å². The van der Waals surface area contributed by atoms with Gasteiger partial charge in [0.2, 0.25) is 0 Å². The SMILES string of the molecule is c1ccc(-n2c3ccccc3c3cccc(-c4cccc5c6ccccc6n(-c6cccc7ccccc67)c45)c32)cc1. The number of fused-ring (bicyclic) bond motifs is 7. The third-order valence-electron chi connectivity index (χ3n) is 8.70. The molecule has 0 radical (unpaired) electrons. The van der Waals surface area contributed by atoms with Crippen LogP contribution in [-0.4, -0.2) is 9.13 Å². The lowest BCUT2D eigenvalue weighted by Gasteiger charge is -2.16. The van der Waals surface area contributed by atoms with Crippen molar-refractivity contribution in [3.05, 3.63) is 158 Å². The van der Waals surface area contributed by atoms with Crippen LogP contribution in [0, 0.1) is 0 Å². The minimum Gasteiger partial charge on any atom is -0.309 e. The van der Waals surface area contributed by atoms with Crippen LogP contribution in [0.25, 0.3) is 76.9 Å². The summed E-state index contributed by atoms with van der Waals surface area (Å²) in [6.07, 6.45) is 0. The molecule has 0 unspecified atom stereocenters. The molecular weight excluding hydrogens is 508 g/mol. The fourth-order valence-corrected chi connectivity index (χ4v) is 6.97. The first-order valence-corrected chi connectivity index (χ1v) is 14.5. The van der Waals surface area contributed by atoms with Crippen molar-refractivity contribution in [1.29, 1.82) is 0 Å². The van der Waals surface area contributed by atoms with Crippen molar-refractivity contribution in [2.24, 2.45) is 0 Å². The Kier molecular flexibility index (Phi) is 4.93. The molecule has 2 heteroatoms. The van der Waals surface area contributed by atoms with E-state index >= 15 is 0 Å². The summed E-state index contributed by atoms with van der Waals surface area (Å²) < 4.78 is 4.92. The molecular formula is C40H26N2. The van der Waals surface area contributed by atoms with E-state index < -0.39 is 0 Å². The van der Waals surface area contributed by atoms with Crippen LogP contribution < -0.4 is 0 Å². The topological polar surface area (TPSA) is 9.86 Å². The van der Waals surface area contributed by atoms with Crippen LogP contribution >= 0.6 is 0 Å². The van der Waals surface area contributed by atoms with E-state index in [1.54, 1.807) is 0 Å². The van der Waals surface area contributed by atoms with Crippen LogP contribution in [-0.2, 0) is 0 Å². The molecule has 0 atom stereocenters. The number of hydrogen-bond acceptors (Lipinski definition) is 0. The van der Waals surface area contributed by atoms with E-state index in [-0.39, 0.29) is 0 Å². The molecule has 0 amide bonds. The van der Waals surface area contributed by atoms with E-state index in [4.69, 9.17) is 0 Å². The van der Waals surface area contributed by atoms with E-state index in [0.29, 0.717) is 0 Å². The Morgan fingerprint density at radius 1 is 0.310 bits per heavy atom. The lowest BCUT2D eigenvalue weighted by Crippen LogP contribution is -1.98. The Hall–Kier alpha value is -5.60. The van der Waals surface area contributed by atoms with Gasteiger partial charge in [0.25, 0.3) is 0 Å². The molecule has 0 bridgehead atoms. The van der Waals surface area contributed by atoms with E-state index in [1.807, 2.05) is 0 Å². The highest BCUT2D eigenvalue weighted by Crippen LogP contribution is 2.43. The van der Waals surface area contributed by atoms with Crippen molar-refractivity contribution in [2.45, 2.75) is 0 Å². The summed E-state index contributed by atoms with van der Waals surface area (Å²) in [4.78, 5) is 0. The van der Waals surface area contributed by atoms with Gasteiger partial charge in [0, 0.05) is 43.7 Å². The van der Waals surface area contributed by atoms with Crippen molar-refractivity contribution in [2.75, 3.05) is 0 Å². The summed E-state index contributed by atoms with van der Waals surface area (Å²) in [5.74, 6) is 0. The molecule has 2 aromatic heterocycles. The lowest BCUT2D eigenvalue weighted by atomic mass is 9.99. The normalized spacial score (nSPS) is 11.8. The largest absolute Gasteiger partial charge is 0.309 e. The summed E-state index contributed by atoms with van der Waals surface area (Å²) in [5, 5.41) is 7.53. The molecule has 42 heavy (non-hydrogen) atoms. The fraction of sp³-hybridized carbons (Fsp3) is 0. The van der Waals surface area contributed by atoms with Crippen LogP contribution in [0.15, 0.2) is 158 Å². The fourth-order valence-electron chi connectivity index (χ4n) is 6.97. The summed E-state index contributed by atoms with van der Waals surface area (Å²) in [7, 11) is 0. The average molecular weight is 535 g/mol. The first kappa shape index (κ1) is 23.1. The van der Waals surface area contributed by atoms with Crippen LogP contribution in [0.1, 0.15) is 0 Å². The van der Waals surface area contributed by atoms with Gasteiger partial charge in [-0.25, -0.2) is 0 Å². The van der Waals surface area contributed by atoms with Gasteiger partial charge in [-0.2, -0.15) is 0 Å². The maximum atomic E-state index is 2.48. The van der Waals surface area contributed by atoms with Gasteiger partial charge in [0.15, 0.2) is 0 Å². The molecule has 0 saturated carbocycles. The van der Waals surface area contributed by atoms with Crippen molar-refractivity contribution >= 4 is 54.4 Å². The predicted molar refractivity (Wildman–Crippen MR) is 178 cm³/mol. The van der Waals surface area contributed by atoms with Crippen LogP contribution in [0.2, 0.25) is 0 Å². The molecule has 0 fully saturated rings. The monoisotopic (exact) mass is 534 g/mol. The Morgan fingerprint density at radius 3 is 1.48 bits per heavy atom. The summed E-state index contributed by atoms with van der Waals surface area (Å²) in [6.45, 7) is 0. The second-order valence-electron chi connectivity index (χ2n) is 10.9. The van der Waals surface area contributed by atoms with Gasteiger partial charge in [-0.05, 0) is 35.7 Å². The molecule has 196 valence electrons. The van der Waals surface area contributed by atoms with Crippen molar-refractivity contribution < 1.29 is 0 Å². The average Bonchev–Trinajstić information content (AvgIpc) is 3.58. The zero-order valence-corrected chi connectivity index (χ0v) is 22.9. The summed E-state index contributed by atoms with van der Waals surface area (Å²) in [5.41, 5.74) is 9.70. The number of para-hydroxylation sites is 5. The highest BCUT2D eigenvalue weighted by molar-refractivity contribution is 6.19. The lowest BCUT2D eigenvalue weighted by molar-refractivity contribution is 1.18. The second-order valence-corrected chi connectivity index (χ2v) is 10.9. The van der Waals surface area contributed by atoms with Gasteiger partial charge in [-0.1, -0.05) is 127 Å². The van der Waals surface area contributed by atoms with E-state index in [1.165, 1.54) is 71.2 Å². The third-order valence-corrected chi connectivity index (χ3v) is 8.70. The highest BCUT2D eigenvalue weighted by Gasteiger charge is 2.21. The van der Waals surface area contributed by atoms with Crippen molar-refractivity contribution in [3.63, 3.8) is 0 Å². The Bertz CT molecular complexity index is 2450. The maximum absolute atomic E-state index is 2.48. The molecule has 7 aromatic carbocycles. The molecule has 2 nitrogen and oxygen atoms in total. The standard InChI is InChI=1S/C40H26N2/c1-2-15-28(16-3-1)41-37-24-8-6-18-30(37)32-20-11-22-34(39(32)41)35-23-12-21-33-31-19-7-9-25-38(31)42(40(33)35)36-26-10-14-27-13-4-5-17-29(27)36/h1-26H. The van der Waals surface area contributed by atoms with Gasteiger partial charge < -0.3 is 9.13 Å². The molecule has 0 spiro atoms. The smallest absolute Gasteiger partial charge is 0.0620 e. The van der Waals surface area contributed by atoms with E-state index in [9.17, 15) is 0 Å². The van der Waals surface area contributed by atoms with Gasteiger partial charge in [0.1, 0.15) is 0 Å². The number of nitrogens with zero attached hydrogens (tertiary/aromatic N) is 2. The van der Waals surface area contributed by atoms with Gasteiger partial charge >= 0.3 is 0 Å².